The van der Waals surface area contributed by atoms with Crippen LogP contribution in [0.2, 0.25) is 5.02 Å². The van der Waals surface area contributed by atoms with E-state index in [0.717, 1.165) is 15.1 Å². The van der Waals surface area contributed by atoms with Gasteiger partial charge in [-0.1, -0.05) is 23.7 Å². The molecule has 1 amide bonds. The number of hydrogen-bond donors (Lipinski definition) is 1. The molecular weight excluding hydrogens is 348 g/mol. The lowest BCUT2D eigenvalue weighted by Gasteiger charge is -2.02. The first-order valence-electron chi connectivity index (χ1n) is 7.06. The zero-order valence-electron chi connectivity index (χ0n) is 12.7. The lowest BCUT2D eigenvalue weighted by Crippen LogP contribution is -2.23. The molecule has 0 aliphatic rings. The number of aromatic nitrogens is 3. The third-order valence-electron chi connectivity index (χ3n) is 3.23. The van der Waals surface area contributed by atoms with Crippen molar-refractivity contribution in [2.24, 2.45) is 7.05 Å². The van der Waals surface area contributed by atoms with E-state index in [4.69, 9.17) is 11.6 Å². The highest BCUT2D eigenvalue weighted by atomic mass is 35.5. The molecule has 0 spiro atoms. The van der Waals surface area contributed by atoms with Gasteiger partial charge < -0.3 is 0 Å². The molecule has 0 saturated carbocycles. The zero-order valence-corrected chi connectivity index (χ0v) is 14.3. The average molecular weight is 361 g/mol. The largest absolute Gasteiger partial charge is 0.296 e. The van der Waals surface area contributed by atoms with Crippen LogP contribution in [0.5, 0.6) is 0 Å². The van der Waals surface area contributed by atoms with Crippen LogP contribution in [0.4, 0.5) is 5.13 Å². The summed E-state index contributed by atoms with van der Waals surface area (Å²) in [5, 5.41) is 7.76. The number of halogens is 1. The number of thiazole rings is 1. The van der Waals surface area contributed by atoms with Crippen molar-refractivity contribution in [2.75, 3.05) is 5.32 Å². The van der Waals surface area contributed by atoms with Gasteiger partial charge in [0.05, 0.1) is 0 Å². The minimum Gasteiger partial charge on any atom is -0.296 e. The Bertz CT molecular complexity index is 951. The van der Waals surface area contributed by atoms with Gasteiger partial charge in [0.25, 0.3) is 11.5 Å². The maximum atomic E-state index is 12.2. The van der Waals surface area contributed by atoms with Crippen LogP contribution in [0.25, 0.3) is 0 Å². The first-order chi connectivity index (χ1) is 11.5. The Balaban J connectivity index is 1.70. The van der Waals surface area contributed by atoms with Crippen molar-refractivity contribution < 1.29 is 4.79 Å². The van der Waals surface area contributed by atoms with E-state index in [2.05, 4.69) is 15.4 Å². The van der Waals surface area contributed by atoms with Gasteiger partial charge in [-0.2, -0.15) is 5.10 Å². The van der Waals surface area contributed by atoms with Crippen molar-refractivity contribution in [2.45, 2.75) is 6.42 Å². The number of anilines is 1. The van der Waals surface area contributed by atoms with Crippen LogP contribution < -0.4 is 10.9 Å². The molecule has 3 rings (SSSR count). The highest BCUT2D eigenvalue weighted by Crippen LogP contribution is 2.22. The van der Waals surface area contributed by atoms with Gasteiger partial charge in [-0.3, -0.25) is 14.9 Å². The second-order valence-electron chi connectivity index (χ2n) is 5.07. The minimum absolute atomic E-state index is 0.156. The van der Waals surface area contributed by atoms with E-state index in [-0.39, 0.29) is 11.3 Å². The Morgan fingerprint density at radius 3 is 2.92 bits per heavy atom. The monoisotopic (exact) mass is 360 g/mol. The molecule has 0 aliphatic carbocycles. The fraction of sp³-hybridized carbons (Fsp3) is 0.125. The van der Waals surface area contributed by atoms with Crippen LogP contribution in [0.3, 0.4) is 0 Å². The van der Waals surface area contributed by atoms with E-state index in [0.29, 0.717) is 16.6 Å². The topological polar surface area (TPSA) is 76.9 Å². The van der Waals surface area contributed by atoms with Crippen molar-refractivity contribution in [1.29, 1.82) is 0 Å². The Labute approximate surface area is 146 Å². The maximum absolute atomic E-state index is 12.2. The number of aryl methyl sites for hydroxylation is 1. The van der Waals surface area contributed by atoms with Crippen molar-refractivity contribution in [3.63, 3.8) is 0 Å². The maximum Gasteiger partial charge on any atom is 0.277 e. The van der Waals surface area contributed by atoms with Gasteiger partial charge in [0, 0.05) is 35.6 Å². The molecular formula is C16H13ClN4O2S. The van der Waals surface area contributed by atoms with Crippen molar-refractivity contribution in [3.05, 3.63) is 74.1 Å². The average Bonchev–Trinajstić information content (AvgIpc) is 2.97. The van der Waals surface area contributed by atoms with Crippen molar-refractivity contribution in [3.8, 4) is 0 Å². The second kappa shape index (κ2) is 6.94. The number of carbonyl (C=O) groups excluding carboxylic acids is 1. The fourth-order valence-electron chi connectivity index (χ4n) is 2.08. The highest BCUT2D eigenvalue weighted by molar-refractivity contribution is 7.15. The Morgan fingerprint density at radius 2 is 2.17 bits per heavy atom. The molecule has 6 nitrogen and oxygen atoms in total. The van der Waals surface area contributed by atoms with Crippen LogP contribution in [0.1, 0.15) is 20.9 Å². The quantitative estimate of drug-likeness (QED) is 0.776. The van der Waals surface area contributed by atoms with Gasteiger partial charge in [-0.05, 0) is 23.8 Å². The number of amides is 1. The summed E-state index contributed by atoms with van der Waals surface area (Å²) in [6, 6.07) is 10.3. The number of carbonyl (C=O) groups is 1. The SMILES string of the molecule is Cn1nc(C(=O)Nc2ncc(Cc3cccc(Cl)c3)s2)ccc1=O. The van der Waals surface area contributed by atoms with E-state index in [1.807, 2.05) is 24.3 Å². The summed E-state index contributed by atoms with van der Waals surface area (Å²) >= 11 is 7.36. The smallest absolute Gasteiger partial charge is 0.277 e. The molecule has 0 bridgehead atoms. The summed E-state index contributed by atoms with van der Waals surface area (Å²) in [7, 11) is 1.49. The lowest BCUT2D eigenvalue weighted by molar-refractivity contribution is 0.102. The van der Waals surface area contributed by atoms with Crippen LogP contribution in [0, 0.1) is 0 Å². The summed E-state index contributed by atoms with van der Waals surface area (Å²) in [4.78, 5) is 28.7. The number of nitrogens with one attached hydrogen (secondary N) is 1. The fourth-order valence-corrected chi connectivity index (χ4v) is 3.13. The van der Waals surface area contributed by atoms with Crippen molar-refractivity contribution >= 4 is 34.0 Å². The molecule has 0 saturated heterocycles. The lowest BCUT2D eigenvalue weighted by atomic mass is 10.1. The molecule has 1 N–H and O–H groups in total. The molecule has 24 heavy (non-hydrogen) atoms. The van der Waals surface area contributed by atoms with Crippen LogP contribution in [-0.2, 0) is 13.5 Å². The van der Waals surface area contributed by atoms with E-state index >= 15 is 0 Å². The van der Waals surface area contributed by atoms with Gasteiger partial charge >= 0.3 is 0 Å². The molecule has 0 aliphatic heterocycles. The Hall–Kier alpha value is -2.51. The molecule has 0 unspecified atom stereocenters. The van der Waals surface area contributed by atoms with Gasteiger partial charge in [-0.15, -0.1) is 11.3 Å². The van der Waals surface area contributed by atoms with Gasteiger partial charge in [-0.25, -0.2) is 9.67 Å². The standard InChI is InChI=1S/C16H13ClN4O2S/c1-21-14(22)6-5-13(20-21)15(23)19-16-18-9-12(24-16)8-10-3-2-4-11(17)7-10/h2-7,9H,8H2,1H3,(H,18,19,23). The summed E-state index contributed by atoms with van der Waals surface area (Å²) in [6.45, 7) is 0. The van der Waals surface area contributed by atoms with E-state index in [1.165, 1.54) is 30.5 Å². The van der Waals surface area contributed by atoms with Gasteiger partial charge in [0.1, 0.15) is 5.69 Å². The summed E-state index contributed by atoms with van der Waals surface area (Å²) in [5.41, 5.74) is 0.956. The van der Waals surface area contributed by atoms with Gasteiger partial charge in [0.15, 0.2) is 5.13 Å². The van der Waals surface area contributed by atoms with Crippen LogP contribution in [0.15, 0.2) is 47.4 Å². The number of rotatable bonds is 4. The predicted octanol–water partition coefficient (Wildman–Crippen LogP) is 2.73. The van der Waals surface area contributed by atoms with Crippen molar-refractivity contribution in [1.82, 2.24) is 14.8 Å². The third kappa shape index (κ3) is 3.87. The first-order valence-corrected chi connectivity index (χ1v) is 8.25. The molecule has 3 aromatic rings. The molecule has 0 atom stereocenters. The summed E-state index contributed by atoms with van der Waals surface area (Å²) in [6.07, 6.45) is 2.40. The summed E-state index contributed by atoms with van der Waals surface area (Å²) < 4.78 is 1.11. The predicted molar refractivity (Wildman–Crippen MR) is 93.8 cm³/mol. The minimum atomic E-state index is -0.408. The van der Waals surface area contributed by atoms with E-state index in [1.54, 1.807) is 6.20 Å². The van der Waals surface area contributed by atoms with Crippen LogP contribution in [-0.4, -0.2) is 20.7 Å². The second-order valence-corrected chi connectivity index (χ2v) is 6.62. The number of benzene rings is 1. The normalized spacial score (nSPS) is 10.6. The molecule has 0 fully saturated rings. The zero-order chi connectivity index (χ0) is 17.1. The number of hydrogen-bond acceptors (Lipinski definition) is 5. The first kappa shape index (κ1) is 16.4. The summed E-state index contributed by atoms with van der Waals surface area (Å²) in [5.74, 6) is -0.408. The molecule has 122 valence electrons. The molecule has 0 radical (unpaired) electrons. The Kier molecular flexibility index (Phi) is 4.73. The molecule has 8 heteroatoms. The third-order valence-corrected chi connectivity index (χ3v) is 4.38. The molecule has 1 aromatic carbocycles. The van der Waals surface area contributed by atoms with Gasteiger partial charge in [0.2, 0.25) is 0 Å². The number of nitrogens with zero attached hydrogens (tertiary/aromatic N) is 3. The van der Waals surface area contributed by atoms with Crippen LogP contribution >= 0.6 is 22.9 Å². The molecule has 2 heterocycles. The highest BCUT2D eigenvalue weighted by Gasteiger charge is 2.11. The van der Waals surface area contributed by atoms with E-state index in [9.17, 15) is 9.59 Å². The Morgan fingerprint density at radius 1 is 1.33 bits per heavy atom. The molecule has 2 aromatic heterocycles. The van der Waals surface area contributed by atoms with E-state index < -0.39 is 5.91 Å².